The molecule has 5 rings (SSSR count). The summed E-state index contributed by atoms with van der Waals surface area (Å²) in [5.74, 6) is 0.800. The summed E-state index contributed by atoms with van der Waals surface area (Å²) in [6, 6.07) is 26.9. The molecule has 0 N–H and O–H groups in total. The molecule has 1 aromatic heterocycles. The van der Waals surface area contributed by atoms with Crippen LogP contribution in [0, 0.1) is 0 Å². The molecule has 1 saturated heterocycles. The van der Waals surface area contributed by atoms with Crippen LogP contribution in [0.1, 0.15) is 27.7 Å². The maximum absolute atomic E-state index is 6.39. The van der Waals surface area contributed by atoms with Gasteiger partial charge in [0.2, 0.25) is 0 Å². The van der Waals surface area contributed by atoms with Gasteiger partial charge in [0.25, 0.3) is 0 Å². The maximum Gasteiger partial charge on any atom is 0.499 e. The smallest absolute Gasteiger partial charge is 0.456 e. The minimum Gasteiger partial charge on any atom is -0.456 e. The Hall–Kier alpha value is -2.82. The first kappa shape index (κ1) is 19.2. The van der Waals surface area contributed by atoms with Crippen LogP contribution in [0.4, 0.5) is 0 Å². The van der Waals surface area contributed by atoms with E-state index in [1.165, 1.54) is 11.1 Å². The fraction of sp³-hybridized carbons (Fsp3) is 0.231. The van der Waals surface area contributed by atoms with Gasteiger partial charge in [-0.1, -0.05) is 72.8 Å². The largest absolute Gasteiger partial charge is 0.499 e. The van der Waals surface area contributed by atoms with Crippen molar-refractivity contribution in [3.05, 3.63) is 78.9 Å². The normalized spacial score (nSPS) is 17.5. The Labute approximate surface area is 177 Å². The zero-order chi connectivity index (χ0) is 20.9. The van der Waals surface area contributed by atoms with Crippen LogP contribution in [0.3, 0.4) is 0 Å². The van der Waals surface area contributed by atoms with E-state index in [0.717, 1.165) is 27.8 Å². The molecular weight excluding hydrogens is 371 g/mol. The molecule has 0 saturated carbocycles. The minimum atomic E-state index is -0.484. The van der Waals surface area contributed by atoms with Gasteiger partial charge in [0.1, 0.15) is 11.3 Å². The molecule has 150 valence electrons. The molecule has 30 heavy (non-hydrogen) atoms. The summed E-state index contributed by atoms with van der Waals surface area (Å²) in [6.45, 7) is 8.29. The molecule has 3 aromatic carbocycles. The van der Waals surface area contributed by atoms with Crippen molar-refractivity contribution in [3.8, 4) is 22.5 Å². The monoisotopic (exact) mass is 396 g/mol. The van der Waals surface area contributed by atoms with Gasteiger partial charge < -0.3 is 13.7 Å². The Kier molecular flexibility index (Phi) is 4.39. The summed E-state index contributed by atoms with van der Waals surface area (Å²) in [6.07, 6.45) is 0. The minimum absolute atomic E-state index is 0.412. The van der Waals surface area contributed by atoms with E-state index < -0.39 is 18.3 Å². The third-order valence-electron chi connectivity index (χ3n) is 6.38. The Morgan fingerprint density at radius 2 is 1.13 bits per heavy atom. The third-order valence-corrected chi connectivity index (χ3v) is 6.38. The summed E-state index contributed by atoms with van der Waals surface area (Å²) in [4.78, 5) is 0. The Balaban J connectivity index is 1.61. The number of fused-ring (bicyclic) bond motifs is 1. The number of para-hydroxylation sites is 1. The number of rotatable bonds is 3. The van der Waals surface area contributed by atoms with Crippen LogP contribution in [0.25, 0.3) is 33.4 Å². The lowest BCUT2D eigenvalue weighted by molar-refractivity contribution is 0.00578. The van der Waals surface area contributed by atoms with E-state index in [4.69, 9.17) is 13.7 Å². The maximum atomic E-state index is 6.39. The average molecular weight is 396 g/mol. The van der Waals surface area contributed by atoms with E-state index in [1.807, 2.05) is 24.3 Å². The quantitative estimate of drug-likeness (QED) is 0.394. The molecule has 4 heteroatoms. The van der Waals surface area contributed by atoms with Gasteiger partial charge in [0, 0.05) is 16.4 Å². The molecular formula is C26H25BO3. The lowest BCUT2D eigenvalue weighted by Crippen LogP contribution is -2.41. The van der Waals surface area contributed by atoms with E-state index in [2.05, 4.69) is 82.3 Å². The number of hydrogen-bond acceptors (Lipinski definition) is 3. The van der Waals surface area contributed by atoms with Gasteiger partial charge in [-0.3, -0.25) is 0 Å². The van der Waals surface area contributed by atoms with Crippen molar-refractivity contribution < 1.29 is 13.7 Å². The van der Waals surface area contributed by atoms with Gasteiger partial charge >= 0.3 is 7.12 Å². The standard InChI is InChI=1S/C26H25BO3/c1-25(2)26(3,4)30-27(29-25)23-21-12-8-9-13-22(21)28-24(23)20-16-14-19(15-17-20)18-10-6-5-7-11-18/h5-17H,1-4H3. The van der Waals surface area contributed by atoms with Crippen molar-refractivity contribution >= 4 is 23.6 Å². The first-order valence-corrected chi connectivity index (χ1v) is 10.4. The molecule has 0 atom stereocenters. The highest BCUT2D eigenvalue weighted by atomic mass is 16.7. The molecule has 0 aliphatic carbocycles. The van der Waals surface area contributed by atoms with Crippen molar-refractivity contribution in [2.45, 2.75) is 38.9 Å². The van der Waals surface area contributed by atoms with Crippen LogP contribution in [0.15, 0.2) is 83.3 Å². The number of benzene rings is 3. The van der Waals surface area contributed by atoms with Gasteiger partial charge in [-0.15, -0.1) is 0 Å². The van der Waals surface area contributed by atoms with Crippen molar-refractivity contribution in [2.24, 2.45) is 0 Å². The number of hydrogen-bond donors (Lipinski definition) is 0. The fourth-order valence-corrected chi connectivity index (χ4v) is 3.92. The Bertz CT molecular complexity index is 1170. The van der Waals surface area contributed by atoms with E-state index >= 15 is 0 Å². The molecule has 0 bridgehead atoms. The van der Waals surface area contributed by atoms with Crippen molar-refractivity contribution in [1.29, 1.82) is 0 Å². The van der Waals surface area contributed by atoms with Gasteiger partial charge in [-0.25, -0.2) is 0 Å². The predicted octanol–water partition coefficient (Wildman–Crippen LogP) is 6.07. The molecule has 0 radical (unpaired) electrons. The summed E-state index contributed by atoms with van der Waals surface area (Å²) in [5.41, 5.74) is 4.35. The number of furan rings is 1. The van der Waals surface area contributed by atoms with Crippen LogP contribution in [-0.2, 0) is 9.31 Å². The second kappa shape index (κ2) is 6.87. The van der Waals surface area contributed by atoms with Crippen molar-refractivity contribution in [1.82, 2.24) is 0 Å². The van der Waals surface area contributed by atoms with E-state index in [-0.39, 0.29) is 0 Å². The van der Waals surface area contributed by atoms with E-state index in [9.17, 15) is 0 Å². The molecule has 3 nitrogen and oxygen atoms in total. The molecule has 4 aromatic rings. The highest BCUT2D eigenvalue weighted by Crippen LogP contribution is 2.39. The predicted molar refractivity (Wildman–Crippen MR) is 123 cm³/mol. The molecule has 0 amide bonds. The molecule has 2 heterocycles. The molecule has 1 fully saturated rings. The highest BCUT2D eigenvalue weighted by Gasteiger charge is 2.53. The zero-order valence-corrected chi connectivity index (χ0v) is 17.8. The van der Waals surface area contributed by atoms with Crippen LogP contribution >= 0.6 is 0 Å². The molecule has 0 spiro atoms. The summed E-state index contributed by atoms with van der Waals surface area (Å²) in [7, 11) is -0.484. The average Bonchev–Trinajstić information content (AvgIpc) is 3.22. The molecule has 1 aliphatic heterocycles. The molecule has 1 aliphatic rings. The lowest BCUT2D eigenvalue weighted by Gasteiger charge is -2.32. The SMILES string of the molecule is CC1(C)OB(c2c(-c3ccc(-c4ccccc4)cc3)oc3ccccc23)OC1(C)C. The summed E-state index contributed by atoms with van der Waals surface area (Å²) < 4.78 is 19.1. The van der Waals surface area contributed by atoms with E-state index in [1.54, 1.807) is 0 Å². The van der Waals surface area contributed by atoms with Crippen molar-refractivity contribution in [2.75, 3.05) is 0 Å². The second-order valence-corrected chi connectivity index (χ2v) is 8.87. The van der Waals surface area contributed by atoms with Gasteiger partial charge in [0.05, 0.1) is 11.2 Å². The molecule has 0 unspecified atom stereocenters. The third kappa shape index (κ3) is 3.08. The first-order valence-electron chi connectivity index (χ1n) is 10.4. The fourth-order valence-electron chi connectivity index (χ4n) is 3.92. The Morgan fingerprint density at radius 1 is 0.600 bits per heavy atom. The van der Waals surface area contributed by atoms with E-state index in [0.29, 0.717) is 0 Å². The topological polar surface area (TPSA) is 31.6 Å². The van der Waals surface area contributed by atoms with Gasteiger partial charge in [-0.2, -0.15) is 0 Å². The Morgan fingerprint density at radius 3 is 1.80 bits per heavy atom. The summed E-state index contributed by atoms with van der Waals surface area (Å²) in [5, 5.41) is 1.03. The van der Waals surface area contributed by atoms with Crippen LogP contribution in [-0.4, -0.2) is 18.3 Å². The highest BCUT2D eigenvalue weighted by molar-refractivity contribution is 6.67. The van der Waals surface area contributed by atoms with Crippen LogP contribution in [0.2, 0.25) is 0 Å². The first-order chi connectivity index (χ1) is 14.4. The zero-order valence-electron chi connectivity index (χ0n) is 17.8. The van der Waals surface area contributed by atoms with Crippen LogP contribution < -0.4 is 5.46 Å². The van der Waals surface area contributed by atoms with Crippen molar-refractivity contribution in [3.63, 3.8) is 0 Å². The van der Waals surface area contributed by atoms with Gasteiger partial charge in [0.15, 0.2) is 0 Å². The summed E-state index contributed by atoms with van der Waals surface area (Å²) >= 11 is 0. The van der Waals surface area contributed by atoms with Crippen LogP contribution in [0.5, 0.6) is 0 Å². The second-order valence-electron chi connectivity index (χ2n) is 8.87. The van der Waals surface area contributed by atoms with Gasteiger partial charge in [-0.05, 0) is 44.9 Å². The lowest BCUT2D eigenvalue weighted by atomic mass is 9.75.